The zero-order chi connectivity index (χ0) is 14.7. The lowest BCUT2D eigenvalue weighted by atomic mass is 9.86. The summed E-state index contributed by atoms with van der Waals surface area (Å²) in [4.78, 5) is 12.3. The van der Waals surface area contributed by atoms with E-state index in [0.717, 1.165) is 5.56 Å². The smallest absolute Gasteiger partial charge is 0.141 e. The van der Waals surface area contributed by atoms with Crippen LogP contribution in [-0.4, -0.2) is 11.4 Å². The van der Waals surface area contributed by atoms with Gasteiger partial charge in [-0.25, -0.2) is 0 Å². The van der Waals surface area contributed by atoms with Gasteiger partial charge in [0.15, 0.2) is 0 Å². The Kier molecular flexibility index (Phi) is 4.92. The van der Waals surface area contributed by atoms with Crippen molar-refractivity contribution in [3.05, 3.63) is 35.9 Å². The molecule has 0 aliphatic rings. The van der Waals surface area contributed by atoms with Gasteiger partial charge in [-0.2, -0.15) is 0 Å². The van der Waals surface area contributed by atoms with Gasteiger partial charge in [-0.05, 0) is 26.3 Å². The van der Waals surface area contributed by atoms with E-state index in [1.807, 2.05) is 71.9 Å². The van der Waals surface area contributed by atoms with Crippen molar-refractivity contribution in [1.29, 1.82) is 0 Å². The van der Waals surface area contributed by atoms with Gasteiger partial charge in [-0.1, -0.05) is 51.1 Å². The summed E-state index contributed by atoms with van der Waals surface area (Å²) in [5, 5.41) is 0. The Balaban J connectivity index is 2.91. The van der Waals surface area contributed by atoms with E-state index in [2.05, 4.69) is 0 Å². The molecule has 0 amide bonds. The van der Waals surface area contributed by atoms with Crippen molar-refractivity contribution in [2.45, 2.75) is 59.7 Å². The summed E-state index contributed by atoms with van der Waals surface area (Å²) in [5.41, 5.74) is 0.475. The second kappa shape index (κ2) is 5.87. The summed E-state index contributed by atoms with van der Waals surface area (Å²) in [6.45, 7) is 11.9. The van der Waals surface area contributed by atoms with Gasteiger partial charge in [0.1, 0.15) is 5.78 Å². The van der Waals surface area contributed by atoms with E-state index in [1.165, 1.54) is 0 Å². The third-order valence-electron chi connectivity index (χ3n) is 2.87. The highest BCUT2D eigenvalue weighted by atomic mass is 16.5. The topological polar surface area (TPSA) is 26.3 Å². The molecule has 1 aromatic carbocycles. The Bertz CT molecular complexity index is 407. The van der Waals surface area contributed by atoms with E-state index < -0.39 is 0 Å². The minimum absolute atomic E-state index is 0.173. The molecule has 0 saturated carbocycles. The SMILES string of the molecule is CC(C)(C)OC(CC(=O)C(C)(C)C)c1ccccc1. The summed E-state index contributed by atoms with van der Waals surface area (Å²) < 4.78 is 6.07. The number of carbonyl (C=O) groups excluding carboxylic acids is 1. The van der Waals surface area contributed by atoms with Gasteiger partial charge in [-0.3, -0.25) is 4.79 Å². The molecular formula is C17H26O2. The molecule has 106 valence electrons. The van der Waals surface area contributed by atoms with Crippen LogP contribution in [0.4, 0.5) is 0 Å². The average Bonchev–Trinajstić information content (AvgIpc) is 2.26. The highest BCUT2D eigenvalue weighted by Gasteiger charge is 2.28. The molecule has 1 aromatic rings. The van der Waals surface area contributed by atoms with Crippen molar-refractivity contribution in [2.75, 3.05) is 0 Å². The zero-order valence-electron chi connectivity index (χ0n) is 13.0. The van der Waals surface area contributed by atoms with Crippen LogP contribution in [0, 0.1) is 5.41 Å². The Labute approximate surface area is 117 Å². The lowest BCUT2D eigenvalue weighted by molar-refractivity contribution is -0.133. The standard InChI is InChI=1S/C17H26O2/c1-16(2,3)15(18)12-14(19-17(4,5)6)13-10-8-7-9-11-13/h7-11,14H,12H2,1-6H3. The van der Waals surface area contributed by atoms with E-state index in [9.17, 15) is 4.79 Å². The van der Waals surface area contributed by atoms with Crippen LogP contribution in [0.3, 0.4) is 0 Å². The van der Waals surface area contributed by atoms with Crippen LogP contribution in [0.2, 0.25) is 0 Å². The maximum absolute atomic E-state index is 12.3. The van der Waals surface area contributed by atoms with Gasteiger partial charge in [0.25, 0.3) is 0 Å². The second-order valence-electron chi connectivity index (χ2n) is 7.01. The first-order valence-electron chi connectivity index (χ1n) is 6.86. The molecule has 0 N–H and O–H groups in total. The molecule has 0 aliphatic carbocycles. The highest BCUT2D eigenvalue weighted by molar-refractivity contribution is 5.84. The van der Waals surface area contributed by atoms with E-state index in [4.69, 9.17) is 4.74 Å². The minimum atomic E-state index is -0.325. The van der Waals surface area contributed by atoms with Gasteiger partial charge in [0.05, 0.1) is 11.7 Å². The first kappa shape index (κ1) is 15.9. The Morgan fingerprint density at radius 1 is 1.05 bits per heavy atom. The van der Waals surface area contributed by atoms with Gasteiger partial charge in [0, 0.05) is 11.8 Å². The highest BCUT2D eigenvalue weighted by Crippen LogP contribution is 2.30. The molecule has 0 fully saturated rings. The first-order chi connectivity index (χ1) is 8.59. The molecule has 0 aromatic heterocycles. The number of Topliss-reactive ketones (excluding diaryl/α,β-unsaturated/α-hetero) is 1. The maximum atomic E-state index is 12.3. The quantitative estimate of drug-likeness (QED) is 0.795. The normalized spacial score (nSPS) is 14.2. The summed E-state index contributed by atoms with van der Waals surface area (Å²) in [6, 6.07) is 9.98. The summed E-state index contributed by atoms with van der Waals surface area (Å²) >= 11 is 0. The number of benzene rings is 1. The molecule has 19 heavy (non-hydrogen) atoms. The molecule has 2 nitrogen and oxygen atoms in total. The van der Waals surface area contributed by atoms with Crippen molar-refractivity contribution in [1.82, 2.24) is 0 Å². The van der Waals surface area contributed by atoms with E-state index in [-0.39, 0.29) is 22.9 Å². The second-order valence-corrected chi connectivity index (χ2v) is 7.01. The van der Waals surface area contributed by atoms with E-state index in [1.54, 1.807) is 0 Å². The third-order valence-corrected chi connectivity index (χ3v) is 2.87. The molecule has 1 unspecified atom stereocenters. The molecule has 0 aliphatic heterocycles. The molecular weight excluding hydrogens is 236 g/mol. The summed E-state index contributed by atoms with van der Waals surface area (Å²) in [7, 11) is 0. The van der Waals surface area contributed by atoms with Gasteiger partial charge in [0.2, 0.25) is 0 Å². The van der Waals surface area contributed by atoms with Crippen molar-refractivity contribution >= 4 is 5.78 Å². The number of carbonyl (C=O) groups is 1. The zero-order valence-corrected chi connectivity index (χ0v) is 13.0. The summed E-state index contributed by atoms with van der Waals surface area (Å²) in [5.74, 6) is 0.227. The fraction of sp³-hybridized carbons (Fsp3) is 0.588. The van der Waals surface area contributed by atoms with Crippen LogP contribution < -0.4 is 0 Å². The van der Waals surface area contributed by atoms with Crippen LogP contribution in [0.5, 0.6) is 0 Å². The third kappa shape index (κ3) is 5.56. The van der Waals surface area contributed by atoms with Crippen molar-refractivity contribution < 1.29 is 9.53 Å². The molecule has 1 rings (SSSR count). The van der Waals surface area contributed by atoms with Crippen LogP contribution >= 0.6 is 0 Å². The molecule has 0 bridgehead atoms. The Hall–Kier alpha value is -1.15. The van der Waals surface area contributed by atoms with Crippen molar-refractivity contribution in [3.8, 4) is 0 Å². The molecule has 1 atom stereocenters. The van der Waals surface area contributed by atoms with Gasteiger partial charge in [-0.15, -0.1) is 0 Å². The first-order valence-corrected chi connectivity index (χ1v) is 6.86. The molecule has 0 heterocycles. The number of ether oxygens (including phenoxy) is 1. The predicted octanol–water partition coefficient (Wildman–Crippen LogP) is 4.55. The van der Waals surface area contributed by atoms with Crippen LogP contribution in [0.15, 0.2) is 30.3 Å². The van der Waals surface area contributed by atoms with Crippen molar-refractivity contribution in [2.24, 2.45) is 5.41 Å². The average molecular weight is 262 g/mol. The van der Waals surface area contributed by atoms with Crippen LogP contribution in [0.1, 0.15) is 59.6 Å². The Morgan fingerprint density at radius 2 is 1.58 bits per heavy atom. The summed E-state index contributed by atoms with van der Waals surface area (Å²) in [6.07, 6.45) is 0.248. The lowest BCUT2D eigenvalue weighted by Gasteiger charge is -2.29. The lowest BCUT2D eigenvalue weighted by Crippen LogP contribution is -2.28. The molecule has 2 heteroatoms. The maximum Gasteiger partial charge on any atom is 0.141 e. The predicted molar refractivity (Wildman–Crippen MR) is 79.1 cm³/mol. The van der Waals surface area contributed by atoms with E-state index in [0.29, 0.717) is 6.42 Å². The number of rotatable bonds is 4. The largest absolute Gasteiger partial charge is 0.367 e. The fourth-order valence-corrected chi connectivity index (χ4v) is 1.80. The van der Waals surface area contributed by atoms with Crippen molar-refractivity contribution in [3.63, 3.8) is 0 Å². The Morgan fingerprint density at radius 3 is 2.00 bits per heavy atom. The van der Waals surface area contributed by atoms with E-state index >= 15 is 0 Å². The monoisotopic (exact) mass is 262 g/mol. The molecule has 0 saturated heterocycles. The minimum Gasteiger partial charge on any atom is -0.367 e. The van der Waals surface area contributed by atoms with Gasteiger partial charge < -0.3 is 4.74 Å². The van der Waals surface area contributed by atoms with Crippen LogP contribution in [-0.2, 0) is 9.53 Å². The number of hydrogen-bond acceptors (Lipinski definition) is 2. The number of ketones is 1. The fourth-order valence-electron chi connectivity index (χ4n) is 1.80. The number of hydrogen-bond donors (Lipinski definition) is 0. The van der Waals surface area contributed by atoms with Crippen LogP contribution in [0.25, 0.3) is 0 Å². The van der Waals surface area contributed by atoms with Gasteiger partial charge >= 0.3 is 0 Å². The molecule has 0 spiro atoms. The molecule has 0 radical (unpaired) electrons.